The average molecular weight is 299 g/mol. The minimum absolute atomic E-state index is 0.0279. The molecule has 5 heteroatoms. The van der Waals surface area contributed by atoms with Gasteiger partial charge in [0.2, 0.25) is 5.91 Å². The molecular formula is C15H25NO3S. The summed E-state index contributed by atoms with van der Waals surface area (Å²) in [4.78, 5) is 12.0. The highest BCUT2D eigenvalue weighted by Crippen LogP contribution is 2.25. The van der Waals surface area contributed by atoms with Crippen molar-refractivity contribution >= 4 is 15.7 Å². The van der Waals surface area contributed by atoms with Gasteiger partial charge in [0.25, 0.3) is 0 Å². The van der Waals surface area contributed by atoms with Crippen LogP contribution in [-0.2, 0) is 14.6 Å². The molecule has 0 aliphatic heterocycles. The summed E-state index contributed by atoms with van der Waals surface area (Å²) in [6.07, 6.45) is 11.6. The van der Waals surface area contributed by atoms with Gasteiger partial charge in [0.05, 0.1) is 5.25 Å². The van der Waals surface area contributed by atoms with E-state index in [1.165, 1.54) is 24.7 Å². The third-order valence-electron chi connectivity index (χ3n) is 4.37. The number of hydrogen-bond acceptors (Lipinski definition) is 3. The molecule has 1 N–H and O–H groups in total. The number of hydrogen-bond donors (Lipinski definition) is 1. The normalized spacial score (nSPS) is 27.8. The molecule has 0 bridgehead atoms. The van der Waals surface area contributed by atoms with Gasteiger partial charge < -0.3 is 5.32 Å². The van der Waals surface area contributed by atoms with Gasteiger partial charge in [0.1, 0.15) is 9.84 Å². The summed E-state index contributed by atoms with van der Waals surface area (Å²) in [6.45, 7) is 0. The first-order valence-electron chi connectivity index (χ1n) is 7.61. The Morgan fingerprint density at radius 2 is 2.10 bits per heavy atom. The van der Waals surface area contributed by atoms with E-state index in [2.05, 4.69) is 11.4 Å². The Morgan fingerprint density at radius 3 is 2.75 bits per heavy atom. The summed E-state index contributed by atoms with van der Waals surface area (Å²) in [5.74, 6) is 0.0531. The van der Waals surface area contributed by atoms with E-state index in [0.717, 1.165) is 32.1 Å². The van der Waals surface area contributed by atoms with Crippen molar-refractivity contribution in [1.82, 2.24) is 5.32 Å². The smallest absolute Gasteiger partial charge is 0.224 e. The lowest BCUT2D eigenvalue weighted by Crippen LogP contribution is -2.41. The second-order valence-electron chi connectivity index (χ2n) is 6.17. The number of carbonyl (C=O) groups is 1. The van der Waals surface area contributed by atoms with Gasteiger partial charge in [-0.25, -0.2) is 8.42 Å². The topological polar surface area (TPSA) is 63.2 Å². The highest BCUT2D eigenvalue weighted by Gasteiger charge is 2.29. The summed E-state index contributed by atoms with van der Waals surface area (Å²) < 4.78 is 23.2. The Labute approximate surface area is 121 Å². The van der Waals surface area contributed by atoms with E-state index >= 15 is 0 Å². The van der Waals surface area contributed by atoms with E-state index in [0.29, 0.717) is 12.8 Å². The molecule has 0 aromatic carbocycles. The molecule has 1 saturated carbocycles. The highest BCUT2D eigenvalue weighted by atomic mass is 32.2. The number of carbonyl (C=O) groups excluding carboxylic acids is 1. The van der Waals surface area contributed by atoms with E-state index in [1.807, 2.05) is 0 Å². The minimum Gasteiger partial charge on any atom is -0.353 e. The van der Waals surface area contributed by atoms with Crippen LogP contribution >= 0.6 is 0 Å². The third kappa shape index (κ3) is 4.62. The Kier molecular flexibility index (Phi) is 5.24. The van der Waals surface area contributed by atoms with Gasteiger partial charge in [-0.15, -0.1) is 0 Å². The fourth-order valence-corrected chi connectivity index (χ4v) is 4.39. The summed E-state index contributed by atoms with van der Waals surface area (Å²) in [5.41, 5.74) is 1.24. The molecule has 1 fully saturated rings. The van der Waals surface area contributed by atoms with Crippen molar-refractivity contribution < 1.29 is 13.2 Å². The first-order chi connectivity index (χ1) is 9.45. The van der Waals surface area contributed by atoms with Crippen LogP contribution in [0.25, 0.3) is 0 Å². The van der Waals surface area contributed by atoms with E-state index in [1.54, 1.807) is 0 Å². The van der Waals surface area contributed by atoms with Crippen molar-refractivity contribution in [2.75, 3.05) is 6.26 Å². The summed E-state index contributed by atoms with van der Waals surface area (Å²) >= 11 is 0. The number of sulfone groups is 1. The SMILES string of the molecule is CS(=O)(=O)[C@H]1CCC[C@H](NC(=O)CC2=CCCCC2)C1. The lowest BCUT2D eigenvalue weighted by atomic mass is 9.94. The zero-order chi connectivity index (χ0) is 14.6. The molecule has 0 aromatic rings. The lowest BCUT2D eigenvalue weighted by Gasteiger charge is -2.28. The second-order valence-corrected chi connectivity index (χ2v) is 8.49. The van der Waals surface area contributed by atoms with Crippen LogP contribution in [0.2, 0.25) is 0 Å². The van der Waals surface area contributed by atoms with Crippen LogP contribution in [0.4, 0.5) is 0 Å². The van der Waals surface area contributed by atoms with Crippen molar-refractivity contribution in [1.29, 1.82) is 0 Å². The van der Waals surface area contributed by atoms with E-state index < -0.39 is 9.84 Å². The molecule has 2 rings (SSSR count). The summed E-state index contributed by atoms with van der Waals surface area (Å²) in [5, 5.41) is 2.74. The molecular weight excluding hydrogens is 274 g/mol. The molecule has 0 aromatic heterocycles. The summed E-state index contributed by atoms with van der Waals surface area (Å²) in [7, 11) is -2.98. The first kappa shape index (κ1) is 15.5. The number of amides is 1. The van der Waals surface area contributed by atoms with Crippen molar-refractivity contribution in [2.24, 2.45) is 0 Å². The van der Waals surface area contributed by atoms with E-state index in [9.17, 15) is 13.2 Å². The van der Waals surface area contributed by atoms with Crippen LogP contribution in [0.5, 0.6) is 0 Å². The Balaban J connectivity index is 1.83. The predicted molar refractivity (Wildman–Crippen MR) is 80.2 cm³/mol. The number of rotatable bonds is 4. The molecule has 1 amide bonds. The van der Waals surface area contributed by atoms with Crippen LogP contribution in [-0.4, -0.2) is 31.9 Å². The number of nitrogens with one attached hydrogen (secondary N) is 1. The van der Waals surface area contributed by atoms with Gasteiger partial charge in [-0.3, -0.25) is 4.79 Å². The van der Waals surface area contributed by atoms with Gasteiger partial charge in [-0.05, 0) is 44.9 Å². The van der Waals surface area contributed by atoms with Crippen molar-refractivity contribution in [3.8, 4) is 0 Å². The van der Waals surface area contributed by atoms with Crippen LogP contribution in [0.15, 0.2) is 11.6 Å². The maximum absolute atomic E-state index is 12.0. The molecule has 4 nitrogen and oxygen atoms in total. The Morgan fingerprint density at radius 1 is 1.30 bits per heavy atom. The molecule has 2 atom stereocenters. The molecule has 0 heterocycles. The largest absolute Gasteiger partial charge is 0.353 e. The zero-order valence-electron chi connectivity index (χ0n) is 12.2. The molecule has 0 spiro atoms. The monoisotopic (exact) mass is 299 g/mol. The number of allylic oxidation sites excluding steroid dienone is 1. The fraction of sp³-hybridized carbons (Fsp3) is 0.800. The van der Waals surface area contributed by atoms with Gasteiger partial charge in [-0.1, -0.05) is 18.1 Å². The molecule has 0 radical (unpaired) electrons. The zero-order valence-corrected chi connectivity index (χ0v) is 13.0. The summed E-state index contributed by atoms with van der Waals surface area (Å²) in [6, 6.07) is 0.0279. The van der Waals surface area contributed by atoms with E-state index in [4.69, 9.17) is 0 Å². The van der Waals surface area contributed by atoms with Crippen LogP contribution in [0.1, 0.15) is 57.8 Å². The highest BCUT2D eigenvalue weighted by molar-refractivity contribution is 7.91. The Hall–Kier alpha value is -0.840. The van der Waals surface area contributed by atoms with Gasteiger partial charge >= 0.3 is 0 Å². The van der Waals surface area contributed by atoms with Gasteiger partial charge in [0, 0.05) is 18.7 Å². The van der Waals surface area contributed by atoms with Crippen molar-refractivity contribution in [2.45, 2.75) is 69.1 Å². The van der Waals surface area contributed by atoms with Crippen molar-refractivity contribution in [3.63, 3.8) is 0 Å². The quantitative estimate of drug-likeness (QED) is 0.811. The van der Waals surface area contributed by atoms with Crippen LogP contribution in [0.3, 0.4) is 0 Å². The standard InChI is InChI=1S/C15H25NO3S/c1-20(18,19)14-9-5-8-13(11-14)16-15(17)10-12-6-3-2-4-7-12/h6,13-14H,2-5,7-11H2,1H3,(H,16,17)/t13-,14-/m0/s1. The molecule has 2 aliphatic rings. The van der Waals surface area contributed by atoms with Gasteiger partial charge in [0.15, 0.2) is 0 Å². The Bertz CT molecular complexity index is 481. The first-order valence-corrected chi connectivity index (χ1v) is 9.57. The molecule has 0 unspecified atom stereocenters. The molecule has 0 saturated heterocycles. The third-order valence-corrected chi connectivity index (χ3v) is 6.01. The van der Waals surface area contributed by atoms with Crippen molar-refractivity contribution in [3.05, 3.63) is 11.6 Å². The maximum atomic E-state index is 12.0. The predicted octanol–water partition coefficient (Wildman–Crippen LogP) is 2.35. The average Bonchev–Trinajstić information content (AvgIpc) is 2.39. The van der Waals surface area contributed by atoms with E-state index in [-0.39, 0.29) is 17.2 Å². The second kappa shape index (κ2) is 6.74. The molecule has 114 valence electrons. The fourth-order valence-electron chi connectivity index (χ4n) is 3.22. The minimum atomic E-state index is -2.98. The van der Waals surface area contributed by atoms with Gasteiger partial charge in [-0.2, -0.15) is 0 Å². The molecule has 2 aliphatic carbocycles. The molecule has 20 heavy (non-hydrogen) atoms. The lowest BCUT2D eigenvalue weighted by molar-refractivity contribution is -0.121. The van der Waals surface area contributed by atoms with Crippen LogP contribution in [0, 0.1) is 0 Å². The van der Waals surface area contributed by atoms with Crippen LogP contribution < -0.4 is 5.32 Å². The maximum Gasteiger partial charge on any atom is 0.224 e.